The molecule has 0 bridgehead atoms. The molecule has 0 aromatic carbocycles. The van der Waals surface area contributed by atoms with E-state index in [1.165, 1.54) is 6.26 Å². The molecule has 1 fully saturated rings. The van der Waals surface area contributed by atoms with Crippen LogP contribution in [-0.4, -0.2) is 57.0 Å². The molecular weight excluding hydrogens is 260 g/mol. The molecule has 1 rings (SSSR count). The van der Waals surface area contributed by atoms with Crippen molar-refractivity contribution in [2.75, 3.05) is 31.6 Å². The third-order valence-electron chi connectivity index (χ3n) is 3.74. The molecule has 1 aliphatic heterocycles. The minimum atomic E-state index is -2.86. The zero-order chi connectivity index (χ0) is 14.5. The molecule has 0 amide bonds. The van der Waals surface area contributed by atoms with Gasteiger partial charge in [-0.25, -0.2) is 8.42 Å². The van der Waals surface area contributed by atoms with Crippen LogP contribution in [0, 0.1) is 5.92 Å². The van der Waals surface area contributed by atoms with Crippen molar-refractivity contribution >= 4 is 9.84 Å². The highest BCUT2D eigenvalue weighted by molar-refractivity contribution is 7.90. The van der Waals surface area contributed by atoms with E-state index in [2.05, 4.69) is 31.0 Å². The van der Waals surface area contributed by atoms with E-state index in [1.807, 2.05) is 0 Å². The lowest BCUT2D eigenvalue weighted by molar-refractivity contribution is 0.122. The van der Waals surface area contributed by atoms with Gasteiger partial charge in [0.05, 0.1) is 5.75 Å². The fourth-order valence-electron chi connectivity index (χ4n) is 2.83. The molecule has 0 saturated carbocycles. The summed E-state index contributed by atoms with van der Waals surface area (Å²) < 4.78 is 22.7. The number of hydrogen-bond acceptors (Lipinski definition) is 4. The van der Waals surface area contributed by atoms with Gasteiger partial charge in [0, 0.05) is 38.0 Å². The van der Waals surface area contributed by atoms with Crippen LogP contribution in [0.2, 0.25) is 0 Å². The predicted octanol–water partition coefficient (Wildman–Crippen LogP) is 1.52. The van der Waals surface area contributed by atoms with Gasteiger partial charge in [-0.3, -0.25) is 4.90 Å². The van der Waals surface area contributed by atoms with Crippen molar-refractivity contribution in [3.05, 3.63) is 0 Å². The zero-order valence-corrected chi connectivity index (χ0v) is 13.7. The van der Waals surface area contributed by atoms with Crippen molar-refractivity contribution in [2.45, 2.75) is 52.1 Å². The highest BCUT2D eigenvalue weighted by Crippen LogP contribution is 2.16. The number of nitrogens with one attached hydrogen (secondary N) is 1. The first-order valence-corrected chi connectivity index (χ1v) is 9.53. The molecule has 0 spiro atoms. The summed E-state index contributed by atoms with van der Waals surface area (Å²) >= 11 is 0. The van der Waals surface area contributed by atoms with Crippen molar-refractivity contribution in [2.24, 2.45) is 5.92 Å². The monoisotopic (exact) mass is 290 g/mol. The molecule has 5 heteroatoms. The Bertz CT molecular complexity index is 354. The van der Waals surface area contributed by atoms with Gasteiger partial charge < -0.3 is 5.32 Å². The lowest BCUT2D eigenvalue weighted by Crippen LogP contribution is -2.57. The van der Waals surface area contributed by atoms with Crippen LogP contribution in [0.3, 0.4) is 0 Å². The summed E-state index contributed by atoms with van der Waals surface area (Å²) in [5.41, 5.74) is 0. The first kappa shape index (κ1) is 16.9. The van der Waals surface area contributed by atoms with Crippen molar-refractivity contribution < 1.29 is 8.42 Å². The molecule has 1 saturated heterocycles. The van der Waals surface area contributed by atoms with Gasteiger partial charge in [0.1, 0.15) is 9.84 Å². The Morgan fingerprint density at radius 3 is 2.58 bits per heavy atom. The molecule has 0 radical (unpaired) electrons. The molecule has 0 aromatic rings. The normalized spacial score (nSPS) is 25.9. The third kappa shape index (κ3) is 6.72. The van der Waals surface area contributed by atoms with Crippen LogP contribution in [0.4, 0.5) is 0 Å². The number of sulfone groups is 1. The average molecular weight is 290 g/mol. The largest absolute Gasteiger partial charge is 0.311 e. The summed E-state index contributed by atoms with van der Waals surface area (Å²) in [4.78, 5) is 2.38. The summed E-state index contributed by atoms with van der Waals surface area (Å²) in [6, 6.07) is 1.00. The summed E-state index contributed by atoms with van der Waals surface area (Å²) in [5.74, 6) is 0.957. The second-order valence-electron chi connectivity index (χ2n) is 6.30. The van der Waals surface area contributed by atoms with Gasteiger partial charge in [0.25, 0.3) is 0 Å². The van der Waals surface area contributed by atoms with E-state index in [9.17, 15) is 8.42 Å². The number of rotatable bonds is 7. The van der Waals surface area contributed by atoms with E-state index in [-0.39, 0.29) is 5.75 Å². The highest BCUT2D eigenvalue weighted by Gasteiger charge is 2.27. The maximum Gasteiger partial charge on any atom is 0.148 e. The smallest absolute Gasteiger partial charge is 0.148 e. The maximum atomic E-state index is 11.4. The lowest BCUT2D eigenvalue weighted by Gasteiger charge is -2.41. The summed E-state index contributed by atoms with van der Waals surface area (Å²) in [6.45, 7) is 9.32. The zero-order valence-electron chi connectivity index (χ0n) is 12.9. The molecule has 0 aliphatic carbocycles. The number of piperazine rings is 1. The number of nitrogens with zero attached hydrogens (tertiary/aromatic N) is 1. The Kier molecular flexibility index (Phi) is 6.77. The van der Waals surface area contributed by atoms with Crippen molar-refractivity contribution in [3.8, 4) is 0 Å². The quantitative estimate of drug-likeness (QED) is 0.772. The first-order valence-electron chi connectivity index (χ1n) is 7.47. The Morgan fingerprint density at radius 2 is 2.05 bits per heavy atom. The van der Waals surface area contributed by atoms with Crippen LogP contribution in [0.25, 0.3) is 0 Å². The van der Waals surface area contributed by atoms with E-state index < -0.39 is 9.84 Å². The minimum absolute atomic E-state index is 0.279. The van der Waals surface area contributed by atoms with Crippen molar-refractivity contribution in [3.63, 3.8) is 0 Å². The molecule has 0 aromatic heterocycles. The van der Waals surface area contributed by atoms with Gasteiger partial charge >= 0.3 is 0 Å². The van der Waals surface area contributed by atoms with Gasteiger partial charge in [-0.15, -0.1) is 0 Å². The Balaban J connectivity index is 2.57. The Hall–Kier alpha value is -0.130. The molecule has 114 valence electrons. The van der Waals surface area contributed by atoms with Crippen LogP contribution < -0.4 is 5.32 Å². The van der Waals surface area contributed by atoms with E-state index in [0.717, 1.165) is 32.4 Å². The molecule has 2 unspecified atom stereocenters. The van der Waals surface area contributed by atoms with Gasteiger partial charge in [0.2, 0.25) is 0 Å². The molecule has 1 N–H and O–H groups in total. The van der Waals surface area contributed by atoms with Crippen LogP contribution in [0.15, 0.2) is 0 Å². The average Bonchev–Trinajstić information content (AvgIpc) is 2.27. The topological polar surface area (TPSA) is 49.4 Å². The third-order valence-corrected chi connectivity index (χ3v) is 4.66. The molecule has 2 atom stereocenters. The van der Waals surface area contributed by atoms with E-state index in [0.29, 0.717) is 24.5 Å². The van der Waals surface area contributed by atoms with Crippen molar-refractivity contribution in [1.82, 2.24) is 10.2 Å². The fraction of sp³-hybridized carbons (Fsp3) is 1.00. The highest BCUT2D eigenvalue weighted by atomic mass is 32.2. The van der Waals surface area contributed by atoms with Crippen LogP contribution >= 0.6 is 0 Å². The fourth-order valence-corrected chi connectivity index (χ4v) is 3.40. The number of hydrogen-bond donors (Lipinski definition) is 1. The van der Waals surface area contributed by atoms with Gasteiger partial charge in [-0.05, 0) is 18.8 Å². The van der Waals surface area contributed by atoms with Gasteiger partial charge in [0.15, 0.2) is 0 Å². The molecule has 1 aliphatic rings. The standard InChI is InChI=1S/C14H30N2O2S/c1-5-6-14-10-15-13(9-12(2)3)11-16(14)7-8-19(4,17)18/h12-15H,5-11H2,1-4H3. The Labute approximate surface area is 118 Å². The molecular formula is C14H30N2O2S. The van der Waals surface area contributed by atoms with Gasteiger partial charge in [-0.2, -0.15) is 0 Å². The molecule has 1 heterocycles. The molecule has 4 nitrogen and oxygen atoms in total. The summed E-state index contributed by atoms with van der Waals surface area (Å²) in [6.07, 6.45) is 4.78. The lowest BCUT2D eigenvalue weighted by atomic mass is 9.98. The van der Waals surface area contributed by atoms with Crippen LogP contribution in [0.1, 0.15) is 40.0 Å². The maximum absolute atomic E-state index is 11.4. The molecule has 19 heavy (non-hydrogen) atoms. The summed E-state index contributed by atoms with van der Waals surface area (Å²) in [7, 11) is -2.86. The van der Waals surface area contributed by atoms with E-state index in [1.54, 1.807) is 0 Å². The predicted molar refractivity (Wildman–Crippen MR) is 81.2 cm³/mol. The van der Waals surface area contributed by atoms with E-state index >= 15 is 0 Å². The SMILES string of the molecule is CCCC1CNC(CC(C)C)CN1CCS(C)(=O)=O. The van der Waals surface area contributed by atoms with Gasteiger partial charge in [-0.1, -0.05) is 27.2 Å². The van der Waals surface area contributed by atoms with Crippen molar-refractivity contribution in [1.29, 1.82) is 0 Å². The first-order chi connectivity index (χ1) is 8.81. The van der Waals surface area contributed by atoms with Crippen LogP contribution in [0.5, 0.6) is 0 Å². The van der Waals surface area contributed by atoms with E-state index in [4.69, 9.17) is 0 Å². The summed E-state index contributed by atoms with van der Waals surface area (Å²) in [5, 5.41) is 3.62. The minimum Gasteiger partial charge on any atom is -0.311 e. The second-order valence-corrected chi connectivity index (χ2v) is 8.56. The van der Waals surface area contributed by atoms with Crippen LogP contribution in [-0.2, 0) is 9.84 Å². The second kappa shape index (κ2) is 7.60. The Morgan fingerprint density at radius 1 is 1.37 bits per heavy atom.